The van der Waals surface area contributed by atoms with Crippen LogP contribution < -0.4 is 5.32 Å². The van der Waals surface area contributed by atoms with Crippen molar-refractivity contribution < 1.29 is 13.2 Å². The lowest BCUT2D eigenvalue weighted by Crippen LogP contribution is -2.38. The van der Waals surface area contributed by atoms with Gasteiger partial charge in [0.25, 0.3) is 0 Å². The molecule has 24 heavy (non-hydrogen) atoms. The molecule has 2 rings (SSSR count). The van der Waals surface area contributed by atoms with Crippen LogP contribution in [0.2, 0.25) is 0 Å². The Morgan fingerprint density at radius 1 is 1.04 bits per heavy atom. The number of aryl methyl sites for hydroxylation is 2. The first kappa shape index (κ1) is 18.2. The van der Waals surface area contributed by atoms with Crippen LogP contribution in [0.1, 0.15) is 22.7 Å². The van der Waals surface area contributed by atoms with Gasteiger partial charge >= 0.3 is 0 Å². The lowest BCUT2D eigenvalue weighted by Gasteiger charge is -2.25. The number of carbonyl (C=O) groups is 1. The summed E-state index contributed by atoms with van der Waals surface area (Å²) in [4.78, 5) is 12.8. The second-order valence-corrected chi connectivity index (χ2v) is 7.92. The second-order valence-electron chi connectivity index (χ2n) is 5.88. The van der Waals surface area contributed by atoms with Gasteiger partial charge in [0.1, 0.15) is 6.04 Å². The molecule has 2 aromatic carbocycles. The summed E-state index contributed by atoms with van der Waals surface area (Å²) in [6.45, 7) is 3.95. The van der Waals surface area contributed by atoms with Gasteiger partial charge in [-0.25, -0.2) is 8.42 Å². The van der Waals surface area contributed by atoms with Crippen molar-refractivity contribution in [1.82, 2.24) is 4.31 Å². The first-order chi connectivity index (χ1) is 11.2. The zero-order valence-electron chi connectivity index (χ0n) is 14.3. The van der Waals surface area contributed by atoms with Crippen molar-refractivity contribution >= 4 is 21.6 Å². The second kappa shape index (κ2) is 7.15. The van der Waals surface area contributed by atoms with Crippen molar-refractivity contribution in [3.8, 4) is 0 Å². The molecular formula is C18H22N2O3S. The Bertz CT molecular complexity index is 833. The predicted octanol–water partition coefficient (Wildman–Crippen LogP) is 2.87. The van der Waals surface area contributed by atoms with Gasteiger partial charge in [-0.3, -0.25) is 4.79 Å². The summed E-state index contributed by atoms with van der Waals surface area (Å²) in [7, 11) is -2.12. The molecule has 0 fully saturated rings. The predicted molar refractivity (Wildman–Crippen MR) is 96.3 cm³/mol. The van der Waals surface area contributed by atoms with E-state index >= 15 is 0 Å². The SMILES string of the molecule is Cc1ccc(NC(=O)[C@@H](c2ccccc2)N(C)S(C)(=O)=O)cc1C. The highest BCUT2D eigenvalue weighted by molar-refractivity contribution is 7.88. The monoisotopic (exact) mass is 346 g/mol. The maximum atomic E-state index is 12.8. The normalized spacial score (nSPS) is 12.9. The van der Waals surface area contributed by atoms with Gasteiger partial charge in [-0.1, -0.05) is 36.4 Å². The molecule has 0 saturated heterocycles. The van der Waals surface area contributed by atoms with E-state index in [9.17, 15) is 13.2 Å². The van der Waals surface area contributed by atoms with Crippen molar-refractivity contribution in [1.29, 1.82) is 0 Å². The van der Waals surface area contributed by atoms with Gasteiger partial charge in [-0.15, -0.1) is 0 Å². The van der Waals surface area contributed by atoms with E-state index in [-0.39, 0.29) is 0 Å². The van der Waals surface area contributed by atoms with E-state index < -0.39 is 22.0 Å². The Hall–Kier alpha value is -2.18. The van der Waals surface area contributed by atoms with Crippen molar-refractivity contribution in [3.05, 3.63) is 65.2 Å². The molecule has 0 aliphatic carbocycles. The third kappa shape index (κ3) is 4.21. The molecule has 2 aromatic rings. The third-order valence-electron chi connectivity index (χ3n) is 4.02. The number of nitrogens with zero attached hydrogens (tertiary/aromatic N) is 1. The summed E-state index contributed by atoms with van der Waals surface area (Å²) in [5.74, 6) is -0.391. The molecule has 0 unspecified atom stereocenters. The number of rotatable bonds is 5. The fourth-order valence-electron chi connectivity index (χ4n) is 2.38. The van der Waals surface area contributed by atoms with E-state index in [1.165, 1.54) is 7.05 Å². The smallest absolute Gasteiger partial charge is 0.247 e. The van der Waals surface area contributed by atoms with Crippen LogP contribution in [0.15, 0.2) is 48.5 Å². The average Bonchev–Trinajstić information content (AvgIpc) is 2.51. The molecule has 1 N–H and O–H groups in total. The van der Waals surface area contributed by atoms with Crippen LogP contribution in [0.5, 0.6) is 0 Å². The number of benzene rings is 2. The maximum absolute atomic E-state index is 12.8. The van der Waals surface area contributed by atoms with Crippen molar-refractivity contribution in [2.24, 2.45) is 0 Å². The van der Waals surface area contributed by atoms with Crippen molar-refractivity contribution in [3.63, 3.8) is 0 Å². The summed E-state index contributed by atoms with van der Waals surface area (Å²) < 4.78 is 25.0. The number of sulfonamides is 1. The molecule has 1 atom stereocenters. The van der Waals surface area contributed by atoms with E-state index in [1.54, 1.807) is 24.3 Å². The molecule has 1 amide bonds. The molecule has 0 bridgehead atoms. The summed E-state index contributed by atoms with van der Waals surface area (Å²) >= 11 is 0. The summed E-state index contributed by atoms with van der Waals surface area (Å²) in [5.41, 5.74) is 3.44. The van der Waals surface area contributed by atoms with Crippen LogP contribution in [0.4, 0.5) is 5.69 Å². The molecule has 0 heterocycles. The van der Waals surface area contributed by atoms with Crippen LogP contribution >= 0.6 is 0 Å². The van der Waals surface area contributed by atoms with E-state index in [0.29, 0.717) is 11.3 Å². The minimum atomic E-state index is -3.53. The van der Waals surface area contributed by atoms with Crippen LogP contribution in [-0.2, 0) is 14.8 Å². The number of hydrogen-bond donors (Lipinski definition) is 1. The number of hydrogen-bond acceptors (Lipinski definition) is 3. The Morgan fingerprint density at radius 3 is 2.21 bits per heavy atom. The molecule has 0 radical (unpaired) electrons. The number of nitrogens with one attached hydrogen (secondary N) is 1. The van der Waals surface area contributed by atoms with Crippen LogP contribution in [0.3, 0.4) is 0 Å². The van der Waals surface area contributed by atoms with Gasteiger partial charge in [0.15, 0.2) is 0 Å². The van der Waals surface area contributed by atoms with Gasteiger partial charge in [0.2, 0.25) is 15.9 Å². The molecule has 128 valence electrons. The highest BCUT2D eigenvalue weighted by Gasteiger charge is 2.30. The molecule has 0 saturated carbocycles. The zero-order valence-corrected chi connectivity index (χ0v) is 15.1. The lowest BCUT2D eigenvalue weighted by molar-refractivity contribution is -0.119. The number of carbonyl (C=O) groups excluding carboxylic acids is 1. The Kier molecular flexibility index (Phi) is 5.41. The highest BCUT2D eigenvalue weighted by Crippen LogP contribution is 2.24. The standard InChI is InChI=1S/C18H22N2O3S/c1-13-10-11-16(12-14(13)2)19-18(21)17(20(3)24(4,22)23)15-8-6-5-7-9-15/h5-12,17H,1-4H3,(H,19,21)/t17-/m1/s1. The van der Waals surface area contributed by atoms with Gasteiger partial charge < -0.3 is 5.32 Å². The van der Waals surface area contributed by atoms with Gasteiger partial charge in [-0.05, 0) is 42.7 Å². The molecular weight excluding hydrogens is 324 g/mol. The lowest BCUT2D eigenvalue weighted by atomic mass is 10.1. The fraction of sp³-hybridized carbons (Fsp3) is 0.278. The fourth-order valence-corrected chi connectivity index (χ4v) is 2.98. The number of amides is 1. The van der Waals surface area contributed by atoms with Gasteiger partial charge in [0, 0.05) is 12.7 Å². The first-order valence-electron chi connectivity index (χ1n) is 7.56. The van der Waals surface area contributed by atoms with Crippen molar-refractivity contribution in [2.45, 2.75) is 19.9 Å². The van der Waals surface area contributed by atoms with E-state index in [1.807, 2.05) is 38.1 Å². The third-order valence-corrected chi connectivity index (χ3v) is 5.28. The summed E-state index contributed by atoms with van der Waals surface area (Å²) in [5, 5.41) is 2.82. The molecule has 0 spiro atoms. The topological polar surface area (TPSA) is 66.5 Å². The zero-order chi connectivity index (χ0) is 17.9. The summed E-state index contributed by atoms with van der Waals surface area (Å²) in [6.07, 6.45) is 1.09. The Labute approximate surface area is 143 Å². The minimum absolute atomic E-state index is 0.391. The molecule has 0 aliphatic heterocycles. The molecule has 0 aliphatic rings. The minimum Gasteiger partial charge on any atom is -0.324 e. The van der Waals surface area contributed by atoms with E-state index in [2.05, 4.69) is 5.32 Å². The van der Waals surface area contributed by atoms with Gasteiger partial charge in [0.05, 0.1) is 6.26 Å². The largest absolute Gasteiger partial charge is 0.324 e. The average molecular weight is 346 g/mol. The molecule has 5 nitrogen and oxygen atoms in total. The van der Waals surface area contributed by atoms with Gasteiger partial charge in [-0.2, -0.15) is 4.31 Å². The molecule has 0 aromatic heterocycles. The van der Waals surface area contributed by atoms with Crippen molar-refractivity contribution in [2.75, 3.05) is 18.6 Å². The Morgan fingerprint density at radius 2 is 1.67 bits per heavy atom. The van der Waals surface area contributed by atoms with E-state index in [0.717, 1.165) is 21.7 Å². The molecule has 6 heteroatoms. The first-order valence-corrected chi connectivity index (χ1v) is 9.41. The van der Waals surface area contributed by atoms with Crippen LogP contribution in [0, 0.1) is 13.8 Å². The highest BCUT2D eigenvalue weighted by atomic mass is 32.2. The maximum Gasteiger partial charge on any atom is 0.247 e. The van der Waals surface area contributed by atoms with E-state index in [4.69, 9.17) is 0 Å². The number of anilines is 1. The van der Waals surface area contributed by atoms with Crippen LogP contribution in [0.25, 0.3) is 0 Å². The Balaban J connectivity index is 2.36. The summed E-state index contributed by atoms with van der Waals surface area (Å²) in [6, 6.07) is 13.5. The number of likely N-dealkylation sites (N-methyl/N-ethyl adjacent to an activating group) is 1. The van der Waals surface area contributed by atoms with Crippen LogP contribution in [-0.4, -0.2) is 31.9 Å². The quantitative estimate of drug-likeness (QED) is 0.905.